The molecule has 0 aliphatic carbocycles. The van der Waals surface area contributed by atoms with Gasteiger partial charge >= 0.3 is 0 Å². The second-order valence-electron chi connectivity index (χ2n) is 5.02. The number of nitrogens with zero attached hydrogens (tertiary/aromatic N) is 1. The maximum Gasteiger partial charge on any atom is 0.0621 e. The van der Waals surface area contributed by atoms with Crippen LogP contribution in [0.3, 0.4) is 0 Å². The van der Waals surface area contributed by atoms with Crippen LogP contribution in [-0.4, -0.2) is 50.8 Å². The maximum absolute atomic E-state index is 5.54. The van der Waals surface area contributed by atoms with Crippen LogP contribution in [0.4, 0.5) is 0 Å². The second kappa shape index (κ2) is 5.83. The summed E-state index contributed by atoms with van der Waals surface area (Å²) in [5.74, 6) is 0.852. The molecule has 3 nitrogen and oxygen atoms in total. The summed E-state index contributed by atoms with van der Waals surface area (Å²) < 4.78 is 5.54. The average Bonchev–Trinajstić information content (AvgIpc) is 2.31. The Balaban J connectivity index is 1.72. The summed E-state index contributed by atoms with van der Waals surface area (Å²) in [5, 5.41) is 3.49. The van der Waals surface area contributed by atoms with Gasteiger partial charge in [-0.2, -0.15) is 0 Å². The fourth-order valence-electron chi connectivity index (χ4n) is 2.71. The smallest absolute Gasteiger partial charge is 0.0621 e. The molecule has 1 N–H and O–H groups in total. The third kappa shape index (κ3) is 3.44. The van der Waals surface area contributed by atoms with E-state index in [1.807, 2.05) is 0 Å². The molecule has 88 valence electrons. The van der Waals surface area contributed by atoms with Crippen molar-refractivity contribution in [3.63, 3.8) is 0 Å². The predicted octanol–water partition coefficient (Wildman–Crippen LogP) is 1.10. The van der Waals surface area contributed by atoms with E-state index in [-0.39, 0.29) is 0 Å². The number of rotatable bonds is 3. The highest BCUT2D eigenvalue weighted by Gasteiger charge is 2.22. The van der Waals surface area contributed by atoms with Crippen molar-refractivity contribution in [2.75, 3.05) is 39.9 Å². The van der Waals surface area contributed by atoms with Gasteiger partial charge in [0.1, 0.15) is 0 Å². The first-order chi connectivity index (χ1) is 7.36. The number of piperidine rings is 1. The number of nitrogens with one attached hydrogen (secondary N) is 1. The zero-order valence-corrected chi connectivity index (χ0v) is 9.87. The first-order valence-electron chi connectivity index (χ1n) is 6.35. The van der Waals surface area contributed by atoms with Crippen LogP contribution < -0.4 is 5.32 Å². The van der Waals surface area contributed by atoms with Gasteiger partial charge in [-0.15, -0.1) is 0 Å². The Morgan fingerprint density at radius 3 is 2.93 bits per heavy atom. The van der Waals surface area contributed by atoms with Crippen LogP contribution >= 0.6 is 0 Å². The lowest BCUT2D eigenvalue weighted by Crippen LogP contribution is -2.44. The maximum atomic E-state index is 5.54. The van der Waals surface area contributed by atoms with Crippen molar-refractivity contribution >= 4 is 0 Å². The molecule has 15 heavy (non-hydrogen) atoms. The molecule has 0 bridgehead atoms. The highest BCUT2D eigenvalue weighted by molar-refractivity contribution is 4.77. The van der Waals surface area contributed by atoms with Crippen molar-refractivity contribution < 1.29 is 4.74 Å². The van der Waals surface area contributed by atoms with Crippen molar-refractivity contribution in [3.8, 4) is 0 Å². The summed E-state index contributed by atoms with van der Waals surface area (Å²) in [5.41, 5.74) is 0. The summed E-state index contributed by atoms with van der Waals surface area (Å²) >= 11 is 0. The van der Waals surface area contributed by atoms with Crippen LogP contribution in [0.5, 0.6) is 0 Å². The van der Waals surface area contributed by atoms with Crippen LogP contribution in [-0.2, 0) is 4.74 Å². The minimum absolute atomic E-state index is 0.667. The standard InChI is InChI=1S/C12H24N2O/c1-14(12-5-3-7-15-10-12)9-11-4-2-6-13-8-11/h11-13H,2-10H2,1H3. The minimum atomic E-state index is 0.667. The first kappa shape index (κ1) is 11.4. The molecule has 2 aliphatic heterocycles. The summed E-state index contributed by atoms with van der Waals surface area (Å²) in [6.07, 6.45) is 5.29. The molecule has 2 heterocycles. The molecule has 0 radical (unpaired) electrons. The van der Waals surface area contributed by atoms with Gasteiger partial charge in [-0.3, -0.25) is 0 Å². The number of likely N-dealkylation sites (N-methyl/N-ethyl adjacent to an activating group) is 1. The zero-order valence-electron chi connectivity index (χ0n) is 9.87. The Morgan fingerprint density at radius 1 is 1.33 bits per heavy atom. The molecule has 2 unspecified atom stereocenters. The van der Waals surface area contributed by atoms with Crippen molar-refractivity contribution in [2.45, 2.75) is 31.7 Å². The number of hydrogen-bond donors (Lipinski definition) is 1. The van der Waals surface area contributed by atoms with Crippen LogP contribution in [0.25, 0.3) is 0 Å². The van der Waals surface area contributed by atoms with E-state index in [4.69, 9.17) is 4.74 Å². The Labute approximate surface area is 93.2 Å². The highest BCUT2D eigenvalue weighted by atomic mass is 16.5. The van der Waals surface area contributed by atoms with E-state index >= 15 is 0 Å². The molecule has 0 aromatic rings. The molecule has 0 saturated carbocycles. The van der Waals surface area contributed by atoms with Crippen molar-refractivity contribution in [2.24, 2.45) is 5.92 Å². The van der Waals surface area contributed by atoms with Gasteiger partial charge in [-0.25, -0.2) is 0 Å². The predicted molar refractivity (Wildman–Crippen MR) is 62.1 cm³/mol. The van der Waals surface area contributed by atoms with Crippen molar-refractivity contribution in [1.29, 1.82) is 0 Å². The van der Waals surface area contributed by atoms with Gasteiger partial charge in [0, 0.05) is 19.2 Å². The van der Waals surface area contributed by atoms with Gasteiger partial charge in [-0.1, -0.05) is 0 Å². The fourth-order valence-corrected chi connectivity index (χ4v) is 2.71. The first-order valence-corrected chi connectivity index (χ1v) is 6.35. The molecule has 3 heteroatoms. The summed E-state index contributed by atoms with van der Waals surface area (Å²) in [7, 11) is 2.26. The average molecular weight is 212 g/mol. The van der Waals surface area contributed by atoms with Gasteiger partial charge in [-0.05, 0) is 51.7 Å². The zero-order chi connectivity index (χ0) is 10.5. The Bertz CT molecular complexity index is 174. The summed E-state index contributed by atoms with van der Waals surface area (Å²) in [4.78, 5) is 2.51. The monoisotopic (exact) mass is 212 g/mol. The number of ether oxygens (including phenoxy) is 1. The highest BCUT2D eigenvalue weighted by Crippen LogP contribution is 2.16. The van der Waals surface area contributed by atoms with E-state index in [0.717, 1.165) is 19.1 Å². The lowest BCUT2D eigenvalue weighted by Gasteiger charge is -2.34. The quantitative estimate of drug-likeness (QED) is 0.758. The SMILES string of the molecule is CN(CC1CCCNC1)C1CCCOC1. The van der Waals surface area contributed by atoms with Gasteiger partial charge in [0.25, 0.3) is 0 Å². The molecule has 2 fully saturated rings. The third-order valence-corrected chi connectivity index (χ3v) is 3.70. The van der Waals surface area contributed by atoms with Crippen LogP contribution in [0.1, 0.15) is 25.7 Å². The molecule has 0 spiro atoms. The molecule has 2 atom stereocenters. The molecule has 2 aliphatic rings. The Hall–Kier alpha value is -0.120. The lowest BCUT2D eigenvalue weighted by atomic mass is 9.98. The molecule has 0 amide bonds. The van der Waals surface area contributed by atoms with Gasteiger partial charge in [0.15, 0.2) is 0 Å². The Morgan fingerprint density at radius 2 is 2.27 bits per heavy atom. The summed E-state index contributed by atoms with van der Waals surface area (Å²) in [6, 6.07) is 0.667. The van der Waals surface area contributed by atoms with E-state index in [9.17, 15) is 0 Å². The van der Waals surface area contributed by atoms with E-state index < -0.39 is 0 Å². The Kier molecular flexibility index (Phi) is 4.42. The largest absolute Gasteiger partial charge is 0.380 e. The summed E-state index contributed by atoms with van der Waals surface area (Å²) in [6.45, 7) is 5.57. The van der Waals surface area contributed by atoms with Crippen LogP contribution in [0, 0.1) is 5.92 Å². The van der Waals surface area contributed by atoms with Crippen LogP contribution in [0.15, 0.2) is 0 Å². The molecule has 2 rings (SSSR count). The molecule has 0 aromatic carbocycles. The normalized spacial score (nSPS) is 33.2. The van der Waals surface area contributed by atoms with Crippen molar-refractivity contribution in [1.82, 2.24) is 10.2 Å². The number of hydrogen-bond acceptors (Lipinski definition) is 3. The van der Waals surface area contributed by atoms with E-state index in [0.29, 0.717) is 6.04 Å². The molecular formula is C12H24N2O. The van der Waals surface area contributed by atoms with Gasteiger partial charge in [0.2, 0.25) is 0 Å². The molecular weight excluding hydrogens is 188 g/mol. The minimum Gasteiger partial charge on any atom is -0.380 e. The second-order valence-corrected chi connectivity index (χ2v) is 5.02. The van der Waals surface area contributed by atoms with E-state index in [2.05, 4.69) is 17.3 Å². The molecule has 2 saturated heterocycles. The fraction of sp³-hybridized carbons (Fsp3) is 1.00. The van der Waals surface area contributed by atoms with Crippen molar-refractivity contribution in [3.05, 3.63) is 0 Å². The third-order valence-electron chi connectivity index (χ3n) is 3.70. The van der Waals surface area contributed by atoms with Gasteiger partial charge < -0.3 is 15.0 Å². The van der Waals surface area contributed by atoms with Crippen LogP contribution in [0.2, 0.25) is 0 Å². The molecule has 0 aromatic heterocycles. The van der Waals surface area contributed by atoms with E-state index in [1.165, 1.54) is 45.3 Å². The van der Waals surface area contributed by atoms with E-state index in [1.54, 1.807) is 0 Å². The van der Waals surface area contributed by atoms with Gasteiger partial charge in [0.05, 0.1) is 6.61 Å². The topological polar surface area (TPSA) is 24.5 Å². The lowest BCUT2D eigenvalue weighted by molar-refractivity contribution is 0.0214.